The van der Waals surface area contributed by atoms with E-state index >= 15 is 0 Å². The fourth-order valence-electron chi connectivity index (χ4n) is 3.87. The third kappa shape index (κ3) is 2.04. The second-order valence-corrected chi connectivity index (χ2v) is 7.36. The number of rotatable bonds is 4. The van der Waals surface area contributed by atoms with Gasteiger partial charge < -0.3 is 10.4 Å². The Morgan fingerprint density at radius 1 is 1.24 bits per heavy atom. The quantitative estimate of drug-likeness (QED) is 0.767. The van der Waals surface area contributed by atoms with E-state index < -0.39 is 0 Å². The molecular weight excluding hydrogens is 316 g/mol. The van der Waals surface area contributed by atoms with Gasteiger partial charge in [-0.1, -0.05) is 12.1 Å². The van der Waals surface area contributed by atoms with E-state index in [4.69, 9.17) is 0 Å². The summed E-state index contributed by atoms with van der Waals surface area (Å²) in [6, 6.07) is 8.04. The summed E-state index contributed by atoms with van der Waals surface area (Å²) in [5, 5.41) is 18.5. The number of pyridine rings is 1. The summed E-state index contributed by atoms with van der Waals surface area (Å²) in [5.41, 5.74) is 1.65. The van der Waals surface area contributed by atoms with Crippen LogP contribution in [0.5, 0.6) is 0 Å². The third-order valence-electron chi connectivity index (χ3n) is 5.78. The van der Waals surface area contributed by atoms with Gasteiger partial charge in [0, 0.05) is 42.4 Å². The minimum atomic E-state index is -0.337. The molecule has 6 heteroatoms. The van der Waals surface area contributed by atoms with Gasteiger partial charge in [-0.25, -0.2) is 4.98 Å². The molecular formula is C19H18N4O2. The summed E-state index contributed by atoms with van der Waals surface area (Å²) < 4.78 is 1.77. The molecule has 5 rings (SSSR count). The van der Waals surface area contributed by atoms with E-state index in [0.717, 1.165) is 34.7 Å². The maximum Gasteiger partial charge on any atom is 0.232 e. The molecule has 0 radical (unpaired) electrons. The largest absolute Gasteiger partial charge is 0.396 e. The molecule has 0 unspecified atom stereocenters. The zero-order chi connectivity index (χ0) is 17.2. The average molecular weight is 334 g/mol. The number of aliphatic hydroxyl groups is 1. The summed E-state index contributed by atoms with van der Waals surface area (Å²) >= 11 is 0. The molecule has 6 nitrogen and oxygen atoms in total. The predicted molar refractivity (Wildman–Crippen MR) is 93.8 cm³/mol. The van der Waals surface area contributed by atoms with Gasteiger partial charge in [0.05, 0.1) is 11.6 Å². The van der Waals surface area contributed by atoms with Crippen molar-refractivity contribution in [3.63, 3.8) is 0 Å². The van der Waals surface area contributed by atoms with Crippen molar-refractivity contribution in [2.75, 3.05) is 11.9 Å². The van der Waals surface area contributed by atoms with Crippen molar-refractivity contribution in [1.82, 2.24) is 14.8 Å². The number of fused-ring (bicyclic) bond motifs is 2. The number of aliphatic hydroxyl groups excluding tert-OH is 1. The lowest BCUT2D eigenvalue weighted by molar-refractivity contribution is -0.119. The number of aryl methyl sites for hydroxylation is 1. The van der Waals surface area contributed by atoms with Crippen LogP contribution in [0.25, 0.3) is 21.9 Å². The average Bonchev–Trinajstić information content (AvgIpc) is 3.38. The second kappa shape index (κ2) is 4.67. The highest BCUT2D eigenvalue weighted by Gasteiger charge is 2.86. The van der Waals surface area contributed by atoms with Crippen LogP contribution in [0.15, 0.2) is 42.9 Å². The lowest BCUT2D eigenvalue weighted by Crippen LogP contribution is -2.18. The lowest BCUT2D eigenvalue weighted by Gasteiger charge is -2.08. The smallest absolute Gasteiger partial charge is 0.232 e. The third-order valence-corrected chi connectivity index (χ3v) is 5.78. The topological polar surface area (TPSA) is 80.0 Å². The molecule has 2 aromatic heterocycles. The zero-order valence-electron chi connectivity index (χ0n) is 13.9. The molecule has 0 saturated heterocycles. The Labute approximate surface area is 144 Å². The Balaban J connectivity index is 1.44. The Morgan fingerprint density at radius 2 is 2.08 bits per heavy atom. The molecule has 2 saturated carbocycles. The van der Waals surface area contributed by atoms with Crippen LogP contribution in [0, 0.1) is 10.8 Å². The SMILES string of the molecule is Cn1cc(-c2ccc3cnc(NC(=O)C45CC4(CO)C5)cc3c2)cn1. The van der Waals surface area contributed by atoms with Gasteiger partial charge in [0.2, 0.25) is 5.91 Å². The molecule has 0 aliphatic heterocycles. The summed E-state index contributed by atoms with van der Waals surface area (Å²) in [6.07, 6.45) is 7.16. The van der Waals surface area contributed by atoms with E-state index in [9.17, 15) is 9.90 Å². The van der Waals surface area contributed by atoms with Crippen LogP contribution >= 0.6 is 0 Å². The van der Waals surface area contributed by atoms with Gasteiger partial charge >= 0.3 is 0 Å². The van der Waals surface area contributed by atoms with E-state index in [0.29, 0.717) is 5.82 Å². The Morgan fingerprint density at radius 3 is 2.76 bits per heavy atom. The van der Waals surface area contributed by atoms with Crippen LogP contribution in [-0.4, -0.2) is 32.4 Å². The molecule has 126 valence electrons. The number of aromatic nitrogens is 3. The van der Waals surface area contributed by atoms with Crippen molar-refractivity contribution in [3.8, 4) is 11.1 Å². The van der Waals surface area contributed by atoms with Crippen LogP contribution in [-0.2, 0) is 11.8 Å². The Kier molecular flexibility index (Phi) is 2.73. The van der Waals surface area contributed by atoms with Gasteiger partial charge in [-0.15, -0.1) is 0 Å². The Hall–Kier alpha value is -2.73. The van der Waals surface area contributed by atoms with Crippen molar-refractivity contribution in [1.29, 1.82) is 0 Å². The summed E-state index contributed by atoms with van der Waals surface area (Å²) in [5.74, 6) is 0.540. The van der Waals surface area contributed by atoms with E-state index in [1.54, 1.807) is 10.9 Å². The van der Waals surface area contributed by atoms with Gasteiger partial charge in [-0.05, 0) is 35.9 Å². The number of anilines is 1. The first-order chi connectivity index (χ1) is 12.1. The number of nitrogens with one attached hydrogen (secondary N) is 1. The van der Waals surface area contributed by atoms with E-state index in [1.807, 2.05) is 37.6 Å². The molecule has 2 aliphatic rings. The number of benzene rings is 1. The molecule has 2 N–H and O–H groups in total. The van der Waals surface area contributed by atoms with Crippen molar-refractivity contribution in [2.24, 2.45) is 17.9 Å². The van der Waals surface area contributed by atoms with Gasteiger partial charge in [-0.3, -0.25) is 9.48 Å². The minimum absolute atomic E-state index is 0.0168. The number of amides is 1. The van der Waals surface area contributed by atoms with Crippen molar-refractivity contribution in [2.45, 2.75) is 12.8 Å². The Bertz CT molecular complexity index is 1020. The summed E-state index contributed by atoms with van der Waals surface area (Å²) in [7, 11) is 1.89. The molecule has 25 heavy (non-hydrogen) atoms. The molecule has 0 bridgehead atoms. The maximum absolute atomic E-state index is 12.5. The van der Waals surface area contributed by atoms with Crippen molar-refractivity contribution < 1.29 is 9.90 Å². The van der Waals surface area contributed by atoms with Crippen LogP contribution in [0.3, 0.4) is 0 Å². The molecule has 2 aliphatic carbocycles. The minimum Gasteiger partial charge on any atom is -0.396 e. The van der Waals surface area contributed by atoms with Crippen LogP contribution in [0.1, 0.15) is 12.8 Å². The standard InChI is InChI=1S/C19H18N4O2/c1-23-8-15(7-21-23)12-2-3-13-6-20-16(5-14(13)4-12)22-17(25)19-9-18(19,10-19)11-24/h2-8,24H,9-11H2,1H3,(H,20,22,25). The number of nitrogens with zero attached hydrogens (tertiary/aromatic N) is 3. The first kappa shape index (κ1) is 14.6. The number of carbonyl (C=O) groups is 1. The van der Waals surface area contributed by atoms with Gasteiger partial charge in [0.25, 0.3) is 0 Å². The summed E-state index contributed by atoms with van der Waals surface area (Å²) in [4.78, 5) is 16.8. The van der Waals surface area contributed by atoms with E-state index in [2.05, 4.69) is 21.5 Å². The molecule has 2 fully saturated rings. The number of hydrogen-bond acceptors (Lipinski definition) is 4. The molecule has 1 amide bonds. The monoisotopic (exact) mass is 334 g/mol. The highest BCUT2D eigenvalue weighted by molar-refractivity contribution is 6.02. The van der Waals surface area contributed by atoms with Crippen LogP contribution in [0.2, 0.25) is 0 Å². The zero-order valence-corrected chi connectivity index (χ0v) is 13.9. The normalized spacial score (nSPS) is 26.3. The van der Waals surface area contributed by atoms with Crippen LogP contribution < -0.4 is 5.32 Å². The van der Waals surface area contributed by atoms with Crippen molar-refractivity contribution >= 4 is 22.5 Å². The maximum atomic E-state index is 12.5. The number of carbonyl (C=O) groups excluding carboxylic acids is 1. The number of hydrogen-bond donors (Lipinski definition) is 2. The van der Waals surface area contributed by atoms with Gasteiger partial charge in [0.15, 0.2) is 0 Å². The highest BCUT2D eigenvalue weighted by Crippen LogP contribution is 2.85. The van der Waals surface area contributed by atoms with Crippen molar-refractivity contribution in [3.05, 3.63) is 42.9 Å². The molecule has 3 aromatic rings. The van der Waals surface area contributed by atoms with Gasteiger partial charge in [-0.2, -0.15) is 5.10 Å². The molecule has 0 atom stereocenters. The second-order valence-electron chi connectivity index (χ2n) is 7.36. The van der Waals surface area contributed by atoms with Gasteiger partial charge in [0.1, 0.15) is 5.82 Å². The first-order valence-corrected chi connectivity index (χ1v) is 8.36. The molecule has 0 spiro atoms. The van der Waals surface area contributed by atoms with Crippen LogP contribution in [0.4, 0.5) is 5.82 Å². The fraction of sp³-hybridized carbons (Fsp3) is 0.316. The predicted octanol–water partition coefficient (Wildman–Crippen LogP) is 2.35. The molecule has 1 aromatic carbocycles. The first-order valence-electron chi connectivity index (χ1n) is 8.36. The van der Waals surface area contributed by atoms with E-state index in [-0.39, 0.29) is 23.3 Å². The highest BCUT2D eigenvalue weighted by atomic mass is 16.3. The van der Waals surface area contributed by atoms with E-state index in [1.165, 1.54) is 0 Å². The summed E-state index contributed by atoms with van der Waals surface area (Å²) in [6.45, 7) is 0.0973. The molecule has 2 heterocycles. The lowest BCUT2D eigenvalue weighted by atomic mass is 10.0. The fourth-order valence-corrected chi connectivity index (χ4v) is 3.87.